The molecule has 1 aromatic heterocycles. The van der Waals surface area contributed by atoms with Gasteiger partial charge in [-0.3, -0.25) is 24.0 Å². The van der Waals surface area contributed by atoms with Gasteiger partial charge in [0.2, 0.25) is 11.8 Å². The first-order chi connectivity index (χ1) is 23.9. The van der Waals surface area contributed by atoms with Gasteiger partial charge >= 0.3 is 12.1 Å². The number of carbonyl (C=O) groups is 4. The molecule has 14 heteroatoms. The summed E-state index contributed by atoms with van der Waals surface area (Å²) in [5, 5.41) is 17.4. The minimum atomic E-state index is -0.942. The van der Waals surface area contributed by atoms with Gasteiger partial charge in [0.1, 0.15) is 31.1 Å². The van der Waals surface area contributed by atoms with Crippen molar-refractivity contribution >= 4 is 35.6 Å². The number of nitrogens with zero attached hydrogens (tertiary/aromatic N) is 5. The molecule has 4 heterocycles. The number of aromatic nitrogens is 2. The predicted octanol–water partition coefficient (Wildman–Crippen LogP) is 3.00. The van der Waals surface area contributed by atoms with Crippen molar-refractivity contribution < 1.29 is 38.1 Å². The Bertz CT molecular complexity index is 1570. The second-order valence-electron chi connectivity index (χ2n) is 13.4. The van der Waals surface area contributed by atoms with Crippen LogP contribution >= 0.6 is 0 Å². The van der Waals surface area contributed by atoms with Crippen molar-refractivity contribution in [3.63, 3.8) is 0 Å². The number of piperazine rings is 2. The normalized spacial score (nSPS) is 26.3. The third kappa shape index (κ3) is 9.93. The Balaban J connectivity index is 1.30. The number of esters is 1. The number of benzene rings is 1. The highest BCUT2D eigenvalue weighted by Gasteiger charge is 2.30. The molecule has 0 bridgehead atoms. The Morgan fingerprint density at radius 3 is 2.58 bits per heavy atom. The summed E-state index contributed by atoms with van der Waals surface area (Å²) in [5.74, 6) is -1.79. The van der Waals surface area contributed by atoms with E-state index in [9.17, 15) is 28.7 Å². The third-order valence-corrected chi connectivity index (χ3v) is 9.39. The number of rotatable bonds is 6. The average Bonchev–Trinajstić information content (AvgIpc) is 3.60. The van der Waals surface area contributed by atoms with E-state index in [2.05, 4.69) is 10.4 Å². The second kappa shape index (κ2) is 16.8. The Morgan fingerprint density at radius 2 is 1.86 bits per heavy atom. The molecule has 2 aromatic rings. The molecule has 270 valence electrons. The third-order valence-electron chi connectivity index (χ3n) is 9.39. The minimum Gasteiger partial charge on any atom is -0.457 e. The molecule has 13 nitrogen and oxygen atoms in total. The molecule has 2 N–H and O–H groups in total. The van der Waals surface area contributed by atoms with Crippen LogP contribution in [0.5, 0.6) is 0 Å². The van der Waals surface area contributed by atoms with Crippen LogP contribution in [-0.2, 0) is 30.4 Å². The molecule has 3 amide bonds. The topological polar surface area (TPSA) is 147 Å². The molecule has 0 saturated carbocycles. The number of anilines is 1. The van der Waals surface area contributed by atoms with E-state index in [4.69, 9.17) is 9.47 Å². The zero-order chi connectivity index (χ0) is 35.8. The van der Waals surface area contributed by atoms with E-state index in [0.29, 0.717) is 68.9 Å². The van der Waals surface area contributed by atoms with Gasteiger partial charge in [-0.05, 0) is 67.2 Å². The number of cyclic esters (lactones) is 1. The average molecular weight is 695 g/mol. The molecule has 5 atom stereocenters. The van der Waals surface area contributed by atoms with E-state index in [1.165, 1.54) is 17.0 Å². The number of aliphatic hydroxyl groups is 1. The maximum atomic E-state index is 15.0. The van der Waals surface area contributed by atoms with E-state index in [1.807, 2.05) is 30.9 Å². The summed E-state index contributed by atoms with van der Waals surface area (Å²) in [5.41, 5.74) is 1.92. The fourth-order valence-electron chi connectivity index (χ4n) is 6.49. The number of ether oxygens (including phenoxy) is 2. The Kier molecular flexibility index (Phi) is 12.3. The molecule has 0 aliphatic carbocycles. The van der Waals surface area contributed by atoms with Crippen LogP contribution in [0.1, 0.15) is 45.6 Å². The van der Waals surface area contributed by atoms with Crippen LogP contribution in [0.3, 0.4) is 0 Å². The number of halogens is 1. The lowest BCUT2D eigenvalue weighted by Gasteiger charge is -2.36. The fraction of sp³-hybridized carbons (Fsp3) is 0.528. The van der Waals surface area contributed by atoms with Gasteiger partial charge < -0.3 is 29.7 Å². The molecule has 2 saturated heterocycles. The van der Waals surface area contributed by atoms with Gasteiger partial charge in [-0.15, -0.1) is 0 Å². The van der Waals surface area contributed by atoms with Crippen molar-refractivity contribution in [2.45, 2.75) is 64.9 Å². The lowest BCUT2D eigenvalue weighted by Crippen LogP contribution is -2.50. The fourth-order valence-corrected chi connectivity index (χ4v) is 6.49. The Hall–Kier alpha value is -4.72. The summed E-state index contributed by atoms with van der Waals surface area (Å²) in [6.07, 6.45) is 6.45. The van der Waals surface area contributed by atoms with Gasteiger partial charge in [-0.2, -0.15) is 5.10 Å². The molecule has 50 heavy (non-hydrogen) atoms. The molecule has 0 radical (unpaired) electrons. The summed E-state index contributed by atoms with van der Waals surface area (Å²) in [6, 6.07) is 6.52. The smallest absolute Gasteiger partial charge is 0.410 e. The first kappa shape index (κ1) is 36.6. The number of hydrogen-bond donors (Lipinski definition) is 2. The zero-order valence-corrected chi connectivity index (χ0v) is 28.9. The molecule has 0 spiro atoms. The highest BCUT2D eigenvalue weighted by atomic mass is 19.1. The van der Waals surface area contributed by atoms with Crippen molar-refractivity contribution in [1.29, 1.82) is 0 Å². The van der Waals surface area contributed by atoms with Crippen LogP contribution in [0.2, 0.25) is 0 Å². The van der Waals surface area contributed by atoms with Gasteiger partial charge in [-0.25, -0.2) is 9.18 Å². The number of hydrogen-bond acceptors (Lipinski definition) is 9. The summed E-state index contributed by atoms with van der Waals surface area (Å²) < 4.78 is 28.4. The molecular weight excluding hydrogens is 647 g/mol. The highest BCUT2D eigenvalue weighted by Crippen LogP contribution is 2.28. The molecule has 5 rings (SSSR count). The summed E-state index contributed by atoms with van der Waals surface area (Å²) in [6.45, 7) is 8.45. The first-order valence-corrected chi connectivity index (χ1v) is 17.2. The van der Waals surface area contributed by atoms with E-state index < -0.39 is 36.2 Å². The number of carbonyl (C=O) groups excluding carboxylic acids is 4. The standard InChI is InChI=1S/C36H47FN6O7/c1-24-5-7-30(44)21-34(47)50-35(25(2)6-8-31(24)49-36(48)42-12-10-38-32(45)22-42)26(3)17-27-18-28(37)20-29(19-27)40-13-15-41(16-14-40)33(46)23-43-11-4-9-39-43/h4,6,8-9,11,17-20,24-25,30-31,35,44H,5,7,10,12-16,21-23H2,1-3H3,(H,38,45)/b8-6+,26-17+/t24-,25-,30+,31+,35-/m0/s1. The molecule has 3 aliphatic heterocycles. The monoisotopic (exact) mass is 694 g/mol. The van der Waals surface area contributed by atoms with Gasteiger partial charge in [0, 0.05) is 63.3 Å². The molecule has 1 aromatic carbocycles. The van der Waals surface area contributed by atoms with Crippen molar-refractivity contribution in [2.24, 2.45) is 11.8 Å². The van der Waals surface area contributed by atoms with Crippen LogP contribution < -0.4 is 10.2 Å². The maximum Gasteiger partial charge on any atom is 0.410 e. The lowest BCUT2D eigenvalue weighted by atomic mass is 9.91. The van der Waals surface area contributed by atoms with Crippen molar-refractivity contribution in [2.75, 3.05) is 50.7 Å². The summed E-state index contributed by atoms with van der Waals surface area (Å²) >= 11 is 0. The van der Waals surface area contributed by atoms with Gasteiger partial charge in [0.25, 0.3) is 0 Å². The number of nitrogens with one attached hydrogen (secondary N) is 1. The van der Waals surface area contributed by atoms with Crippen LogP contribution in [0.4, 0.5) is 14.9 Å². The quantitative estimate of drug-likeness (QED) is 0.344. The second-order valence-corrected chi connectivity index (χ2v) is 13.4. The lowest BCUT2D eigenvalue weighted by molar-refractivity contribution is -0.151. The van der Waals surface area contributed by atoms with Gasteiger partial charge in [-0.1, -0.05) is 26.0 Å². The van der Waals surface area contributed by atoms with E-state index >= 15 is 0 Å². The van der Waals surface area contributed by atoms with E-state index in [1.54, 1.807) is 47.1 Å². The Labute approximate surface area is 291 Å². The van der Waals surface area contributed by atoms with E-state index in [-0.39, 0.29) is 43.2 Å². The van der Waals surface area contributed by atoms with Crippen molar-refractivity contribution in [3.05, 3.63) is 65.8 Å². The molecular formula is C36H47FN6O7. The van der Waals surface area contributed by atoms with E-state index in [0.717, 1.165) is 0 Å². The van der Waals surface area contributed by atoms with Crippen LogP contribution in [0, 0.1) is 17.7 Å². The maximum absolute atomic E-state index is 15.0. The molecule has 0 unspecified atom stereocenters. The van der Waals surface area contributed by atoms with Crippen molar-refractivity contribution in [3.8, 4) is 0 Å². The number of aliphatic hydroxyl groups excluding tert-OH is 1. The molecule has 3 aliphatic rings. The van der Waals surface area contributed by atoms with Gasteiger partial charge in [0.15, 0.2) is 0 Å². The summed E-state index contributed by atoms with van der Waals surface area (Å²) in [4.78, 5) is 55.7. The summed E-state index contributed by atoms with van der Waals surface area (Å²) in [7, 11) is 0. The first-order valence-electron chi connectivity index (χ1n) is 17.2. The number of amides is 3. The Morgan fingerprint density at radius 1 is 1.08 bits per heavy atom. The van der Waals surface area contributed by atoms with Crippen molar-refractivity contribution in [1.82, 2.24) is 24.9 Å². The van der Waals surface area contributed by atoms with Gasteiger partial charge in [0.05, 0.1) is 12.5 Å². The largest absolute Gasteiger partial charge is 0.457 e. The zero-order valence-electron chi connectivity index (χ0n) is 28.9. The highest BCUT2D eigenvalue weighted by molar-refractivity contribution is 5.83. The van der Waals surface area contributed by atoms with Crippen LogP contribution in [-0.4, -0.2) is 113 Å². The predicted molar refractivity (Wildman–Crippen MR) is 183 cm³/mol. The minimum absolute atomic E-state index is 0.0240. The SMILES string of the molecule is C/C(=C\c1cc(F)cc(N2CCN(C(=O)Cn3cccn3)CC2)c1)[C@H]1OC(=O)C[C@H](O)CC[C@H](C)[C@H](OC(=O)N2CCNC(=O)C2)/C=C/[C@@H]1C. The van der Waals surface area contributed by atoms with Crippen LogP contribution in [0.15, 0.2) is 54.4 Å². The van der Waals surface area contributed by atoms with Crippen LogP contribution in [0.25, 0.3) is 6.08 Å². The molecule has 2 fully saturated rings.